The van der Waals surface area contributed by atoms with Crippen LogP contribution in [0.25, 0.3) is 23.0 Å². The fraction of sp³-hybridized carbons (Fsp3) is 0.158. The summed E-state index contributed by atoms with van der Waals surface area (Å²) in [6, 6.07) is 13.7. The summed E-state index contributed by atoms with van der Waals surface area (Å²) in [5.74, 6) is 0.902. The lowest BCUT2D eigenvalue weighted by molar-refractivity contribution is -0.139. The van der Waals surface area contributed by atoms with Crippen molar-refractivity contribution in [1.82, 2.24) is 24.5 Å². The molecule has 0 aliphatic heterocycles. The lowest BCUT2D eigenvalue weighted by Gasteiger charge is -2.09. The van der Waals surface area contributed by atoms with Gasteiger partial charge >= 0.3 is 5.97 Å². The van der Waals surface area contributed by atoms with Crippen molar-refractivity contribution >= 4 is 17.7 Å². The van der Waals surface area contributed by atoms with Crippen molar-refractivity contribution in [2.75, 3.05) is 12.4 Å². The second-order valence-corrected chi connectivity index (χ2v) is 6.61. The van der Waals surface area contributed by atoms with E-state index in [4.69, 9.17) is 9.15 Å². The van der Waals surface area contributed by atoms with Crippen LogP contribution in [0, 0.1) is 0 Å². The molecule has 28 heavy (non-hydrogen) atoms. The van der Waals surface area contributed by atoms with Gasteiger partial charge in [0, 0.05) is 12.4 Å². The van der Waals surface area contributed by atoms with Gasteiger partial charge in [-0.25, -0.2) is 4.68 Å². The van der Waals surface area contributed by atoms with Gasteiger partial charge in [0.25, 0.3) is 11.1 Å². The number of aromatic nitrogens is 5. The van der Waals surface area contributed by atoms with Crippen molar-refractivity contribution in [3.05, 3.63) is 61.1 Å². The summed E-state index contributed by atoms with van der Waals surface area (Å²) in [4.78, 5) is 11.5. The lowest BCUT2D eigenvalue weighted by Crippen LogP contribution is -2.06. The number of thioether (sulfide) groups is 1. The van der Waals surface area contributed by atoms with Crippen molar-refractivity contribution in [1.29, 1.82) is 0 Å². The molecule has 3 heterocycles. The van der Waals surface area contributed by atoms with Crippen LogP contribution in [0.2, 0.25) is 0 Å². The highest BCUT2D eigenvalue weighted by molar-refractivity contribution is 7.99. The van der Waals surface area contributed by atoms with Crippen molar-refractivity contribution in [3.63, 3.8) is 0 Å². The first-order valence-electron chi connectivity index (χ1n) is 8.65. The van der Waals surface area contributed by atoms with Crippen LogP contribution in [0.1, 0.15) is 6.92 Å². The number of rotatable bonds is 7. The van der Waals surface area contributed by atoms with Crippen LogP contribution in [-0.4, -0.2) is 42.9 Å². The Bertz CT molecular complexity index is 1060. The second kappa shape index (κ2) is 8.13. The maximum Gasteiger partial charge on any atom is 0.316 e. The van der Waals surface area contributed by atoms with Gasteiger partial charge < -0.3 is 13.7 Å². The molecule has 3 aromatic heterocycles. The minimum atomic E-state index is -0.322. The molecule has 142 valence electrons. The maximum atomic E-state index is 11.5. The lowest BCUT2D eigenvalue weighted by atomic mass is 10.3. The highest BCUT2D eigenvalue weighted by atomic mass is 32.2. The zero-order chi connectivity index (χ0) is 19.3. The first-order valence-corrected chi connectivity index (χ1v) is 9.64. The van der Waals surface area contributed by atoms with Crippen LogP contribution in [0.4, 0.5) is 0 Å². The number of benzene rings is 1. The van der Waals surface area contributed by atoms with E-state index in [9.17, 15) is 4.79 Å². The van der Waals surface area contributed by atoms with E-state index in [2.05, 4.69) is 15.3 Å². The Morgan fingerprint density at radius 2 is 1.93 bits per heavy atom. The van der Waals surface area contributed by atoms with Gasteiger partial charge in [-0.1, -0.05) is 30.0 Å². The molecule has 0 bridgehead atoms. The molecule has 0 spiro atoms. The van der Waals surface area contributed by atoms with Gasteiger partial charge in [0.1, 0.15) is 11.3 Å². The predicted octanol–water partition coefficient (Wildman–Crippen LogP) is 3.37. The number of nitrogens with zero attached hydrogens (tertiary/aromatic N) is 5. The Hall–Kier alpha value is -3.33. The van der Waals surface area contributed by atoms with Crippen LogP contribution in [-0.2, 0) is 9.53 Å². The van der Waals surface area contributed by atoms with Gasteiger partial charge in [0.15, 0.2) is 5.82 Å². The Labute approximate surface area is 165 Å². The van der Waals surface area contributed by atoms with Crippen molar-refractivity contribution in [2.45, 2.75) is 12.1 Å². The number of hydrogen-bond donors (Lipinski definition) is 0. The molecule has 0 radical (unpaired) electrons. The van der Waals surface area contributed by atoms with Crippen molar-refractivity contribution in [2.24, 2.45) is 0 Å². The minimum absolute atomic E-state index is 0.114. The summed E-state index contributed by atoms with van der Waals surface area (Å²) < 4.78 is 14.4. The number of carbonyl (C=O) groups is 1. The molecular formula is C19H17N5O3S. The summed E-state index contributed by atoms with van der Waals surface area (Å²) in [7, 11) is 0. The summed E-state index contributed by atoms with van der Waals surface area (Å²) >= 11 is 1.14. The van der Waals surface area contributed by atoms with Crippen LogP contribution in [0.15, 0.2) is 70.7 Å². The zero-order valence-electron chi connectivity index (χ0n) is 15.1. The predicted molar refractivity (Wildman–Crippen MR) is 104 cm³/mol. The topological polar surface area (TPSA) is 88.0 Å². The van der Waals surface area contributed by atoms with Gasteiger partial charge in [-0.2, -0.15) is 5.10 Å². The molecule has 0 aliphatic carbocycles. The molecule has 0 unspecified atom stereocenters. The third-order valence-corrected chi connectivity index (χ3v) is 4.64. The second-order valence-electron chi connectivity index (χ2n) is 5.69. The largest absolute Gasteiger partial charge is 0.465 e. The van der Waals surface area contributed by atoms with E-state index in [0.29, 0.717) is 23.3 Å². The molecule has 9 heteroatoms. The maximum absolute atomic E-state index is 11.5. The Morgan fingerprint density at radius 1 is 1.14 bits per heavy atom. The number of ether oxygens (including phenoxy) is 1. The van der Waals surface area contributed by atoms with Crippen molar-refractivity contribution < 1.29 is 13.9 Å². The average molecular weight is 395 g/mol. The summed E-state index contributed by atoms with van der Waals surface area (Å²) in [6.07, 6.45) is 5.54. The van der Waals surface area contributed by atoms with Crippen LogP contribution >= 0.6 is 11.8 Å². The van der Waals surface area contributed by atoms with E-state index in [0.717, 1.165) is 23.3 Å². The van der Waals surface area contributed by atoms with Crippen LogP contribution < -0.4 is 0 Å². The van der Waals surface area contributed by atoms with Crippen LogP contribution in [0.3, 0.4) is 0 Å². The van der Waals surface area contributed by atoms with E-state index in [1.807, 2.05) is 64.1 Å². The molecule has 0 atom stereocenters. The standard InChI is InChI=1S/C19H17N5O3S/c1-2-26-16(25)13-28-19-22-21-17(27-19)15-12-20-24(14-8-4-3-5-9-14)18(15)23-10-6-7-11-23/h3-12H,2,13H2,1H3. The average Bonchev–Trinajstić information content (AvgIpc) is 3.46. The first kappa shape index (κ1) is 18.1. The summed E-state index contributed by atoms with van der Waals surface area (Å²) in [6.45, 7) is 2.11. The van der Waals surface area contributed by atoms with Gasteiger partial charge in [0.2, 0.25) is 0 Å². The molecule has 0 saturated carbocycles. The monoisotopic (exact) mass is 395 g/mol. The highest BCUT2D eigenvalue weighted by Gasteiger charge is 2.20. The third kappa shape index (κ3) is 3.70. The molecule has 4 aromatic rings. The van der Waals surface area contributed by atoms with Crippen molar-refractivity contribution in [3.8, 4) is 23.0 Å². The van der Waals surface area contributed by atoms with Gasteiger partial charge in [0.05, 0.1) is 18.5 Å². The molecule has 8 nitrogen and oxygen atoms in total. The van der Waals surface area contributed by atoms with E-state index in [1.165, 1.54) is 0 Å². The molecule has 0 fully saturated rings. The number of carbonyl (C=O) groups excluding carboxylic acids is 1. The van der Waals surface area contributed by atoms with E-state index in [1.54, 1.807) is 13.1 Å². The Balaban J connectivity index is 1.67. The minimum Gasteiger partial charge on any atom is -0.465 e. The smallest absolute Gasteiger partial charge is 0.316 e. The third-order valence-electron chi connectivity index (χ3n) is 3.85. The first-order chi connectivity index (χ1) is 13.8. The quantitative estimate of drug-likeness (QED) is 0.350. The molecular weight excluding hydrogens is 378 g/mol. The number of hydrogen-bond acceptors (Lipinski definition) is 7. The Morgan fingerprint density at radius 3 is 2.68 bits per heavy atom. The molecule has 4 rings (SSSR count). The van der Waals surface area contributed by atoms with Gasteiger partial charge in [-0.3, -0.25) is 4.79 Å². The molecule has 0 amide bonds. The molecule has 0 aliphatic rings. The molecule has 0 saturated heterocycles. The zero-order valence-corrected chi connectivity index (χ0v) is 15.9. The number of para-hydroxylation sites is 1. The Kier molecular flexibility index (Phi) is 5.24. The molecule has 1 aromatic carbocycles. The summed E-state index contributed by atoms with van der Waals surface area (Å²) in [5.41, 5.74) is 1.60. The normalized spacial score (nSPS) is 10.9. The van der Waals surface area contributed by atoms with E-state index >= 15 is 0 Å². The van der Waals surface area contributed by atoms with E-state index in [-0.39, 0.29) is 11.7 Å². The fourth-order valence-corrected chi connectivity index (χ4v) is 3.24. The summed E-state index contributed by atoms with van der Waals surface area (Å²) in [5, 5.41) is 13.0. The van der Waals surface area contributed by atoms with E-state index < -0.39 is 0 Å². The van der Waals surface area contributed by atoms with Gasteiger partial charge in [-0.15, -0.1) is 10.2 Å². The highest BCUT2D eigenvalue weighted by Crippen LogP contribution is 2.30. The number of esters is 1. The SMILES string of the molecule is CCOC(=O)CSc1nnc(-c2cnn(-c3ccccc3)c2-n2cccc2)o1. The fourth-order valence-electron chi connectivity index (χ4n) is 2.68. The molecule has 0 N–H and O–H groups in total. The van der Waals surface area contributed by atoms with Gasteiger partial charge in [-0.05, 0) is 31.2 Å². The van der Waals surface area contributed by atoms with Crippen LogP contribution in [0.5, 0.6) is 0 Å².